The van der Waals surface area contributed by atoms with Crippen molar-refractivity contribution in [1.82, 2.24) is 0 Å². The molecule has 10 heavy (non-hydrogen) atoms. The van der Waals surface area contributed by atoms with Crippen LogP contribution in [0.25, 0.3) is 0 Å². The predicted molar refractivity (Wildman–Crippen MR) is 38.6 cm³/mol. The summed E-state index contributed by atoms with van der Waals surface area (Å²) in [5.74, 6) is 0.337. The van der Waals surface area contributed by atoms with Gasteiger partial charge in [-0.05, 0) is 19.4 Å². The van der Waals surface area contributed by atoms with E-state index in [0.717, 1.165) is 13.0 Å². The summed E-state index contributed by atoms with van der Waals surface area (Å²) in [6.45, 7) is 2.07. The summed E-state index contributed by atoms with van der Waals surface area (Å²) in [5, 5.41) is 9.39. The lowest BCUT2D eigenvalue weighted by molar-refractivity contribution is 0.0867. The summed E-state index contributed by atoms with van der Waals surface area (Å²) in [7, 11) is 0. The molecule has 1 heterocycles. The summed E-state index contributed by atoms with van der Waals surface area (Å²) >= 11 is 0. The molecule has 1 aliphatic rings. The van der Waals surface area contributed by atoms with Crippen LogP contribution >= 0.6 is 0 Å². The molecule has 0 amide bonds. The van der Waals surface area contributed by atoms with Gasteiger partial charge in [0.2, 0.25) is 0 Å². The minimum atomic E-state index is -0.243. The molecule has 0 aromatic rings. The van der Waals surface area contributed by atoms with E-state index in [-0.39, 0.29) is 6.10 Å². The topological polar surface area (TPSA) is 55.5 Å². The molecule has 2 atom stereocenters. The van der Waals surface area contributed by atoms with Gasteiger partial charge in [-0.1, -0.05) is 0 Å². The Morgan fingerprint density at radius 1 is 1.70 bits per heavy atom. The molecular formula is C7H15NO2. The fourth-order valence-corrected chi connectivity index (χ4v) is 1.26. The van der Waals surface area contributed by atoms with E-state index < -0.39 is 0 Å². The van der Waals surface area contributed by atoms with Gasteiger partial charge in [-0.2, -0.15) is 0 Å². The molecule has 1 rings (SSSR count). The van der Waals surface area contributed by atoms with E-state index in [2.05, 4.69) is 0 Å². The summed E-state index contributed by atoms with van der Waals surface area (Å²) < 4.78 is 5.12. The lowest BCUT2D eigenvalue weighted by Gasteiger charge is -2.14. The van der Waals surface area contributed by atoms with Crippen molar-refractivity contribution < 1.29 is 9.84 Å². The van der Waals surface area contributed by atoms with Crippen molar-refractivity contribution in [2.75, 3.05) is 19.8 Å². The largest absolute Gasteiger partial charge is 0.393 e. The molecular weight excluding hydrogens is 130 g/mol. The molecule has 0 aromatic carbocycles. The van der Waals surface area contributed by atoms with E-state index in [1.807, 2.05) is 0 Å². The fraction of sp³-hybridized carbons (Fsp3) is 1.00. The molecule has 1 aliphatic heterocycles. The third kappa shape index (κ3) is 1.94. The van der Waals surface area contributed by atoms with Crippen LogP contribution in [0.15, 0.2) is 0 Å². The standard InChI is InChI=1S/C7H15NO2/c8-3-1-7(9)6-2-4-10-5-6/h6-7,9H,1-5,8H2/t6?,7-/m0/s1. The zero-order valence-corrected chi connectivity index (χ0v) is 6.12. The third-order valence-corrected chi connectivity index (χ3v) is 1.97. The second-order valence-corrected chi connectivity index (χ2v) is 2.77. The monoisotopic (exact) mass is 145 g/mol. The maximum Gasteiger partial charge on any atom is 0.0603 e. The molecule has 0 aromatic heterocycles. The molecule has 1 saturated heterocycles. The minimum absolute atomic E-state index is 0.243. The summed E-state index contributed by atoms with van der Waals surface area (Å²) in [5.41, 5.74) is 5.30. The van der Waals surface area contributed by atoms with E-state index >= 15 is 0 Å². The van der Waals surface area contributed by atoms with Gasteiger partial charge in [0.15, 0.2) is 0 Å². The van der Waals surface area contributed by atoms with Crippen molar-refractivity contribution in [3.8, 4) is 0 Å². The number of ether oxygens (including phenoxy) is 1. The van der Waals surface area contributed by atoms with E-state index in [0.29, 0.717) is 25.5 Å². The van der Waals surface area contributed by atoms with E-state index in [9.17, 15) is 5.11 Å². The lowest BCUT2D eigenvalue weighted by Crippen LogP contribution is -2.23. The van der Waals surface area contributed by atoms with Gasteiger partial charge in [0.25, 0.3) is 0 Å². The molecule has 0 aliphatic carbocycles. The number of rotatable bonds is 3. The van der Waals surface area contributed by atoms with Crippen molar-refractivity contribution in [2.24, 2.45) is 11.7 Å². The first-order valence-electron chi connectivity index (χ1n) is 3.80. The Morgan fingerprint density at radius 2 is 2.50 bits per heavy atom. The molecule has 1 fully saturated rings. The average Bonchev–Trinajstić information content (AvgIpc) is 2.38. The maximum atomic E-state index is 9.39. The van der Waals surface area contributed by atoms with Crippen LogP contribution in [0.4, 0.5) is 0 Å². The Labute approximate surface area is 61.2 Å². The zero-order chi connectivity index (χ0) is 7.40. The van der Waals surface area contributed by atoms with Gasteiger partial charge >= 0.3 is 0 Å². The van der Waals surface area contributed by atoms with Gasteiger partial charge in [-0.3, -0.25) is 0 Å². The summed E-state index contributed by atoms with van der Waals surface area (Å²) in [6, 6.07) is 0. The van der Waals surface area contributed by atoms with Crippen LogP contribution in [0, 0.1) is 5.92 Å². The van der Waals surface area contributed by atoms with Crippen LogP contribution in [0.1, 0.15) is 12.8 Å². The van der Waals surface area contributed by atoms with Crippen molar-refractivity contribution in [3.63, 3.8) is 0 Å². The SMILES string of the molecule is NCC[C@H](O)C1CCOC1. The van der Waals surface area contributed by atoms with Gasteiger partial charge < -0.3 is 15.6 Å². The molecule has 3 heteroatoms. The molecule has 0 radical (unpaired) electrons. The Bertz CT molecular complexity index is 91.6. The van der Waals surface area contributed by atoms with Crippen LogP contribution in [-0.2, 0) is 4.74 Å². The Kier molecular flexibility index (Phi) is 3.12. The first-order valence-corrected chi connectivity index (χ1v) is 3.80. The highest BCUT2D eigenvalue weighted by Gasteiger charge is 2.22. The maximum absolute atomic E-state index is 9.39. The van der Waals surface area contributed by atoms with Crippen LogP contribution < -0.4 is 5.73 Å². The second-order valence-electron chi connectivity index (χ2n) is 2.77. The van der Waals surface area contributed by atoms with E-state index in [1.54, 1.807) is 0 Å². The third-order valence-electron chi connectivity index (χ3n) is 1.97. The molecule has 3 nitrogen and oxygen atoms in total. The van der Waals surface area contributed by atoms with Crippen molar-refractivity contribution >= 4 is 0 Å². The highest BCUT2D eigenvalue weighted by atomic mass is 16.5. The first-order chi connectivity index (χ1) is 4.84. The lowest BCUT2D eigenvalue weighted by atomic mass is 9.99. The van der Waals surface area contributed by atoms with E-state index in [1.165, 1.54) is 0 Å². The van der Waals surface area contributed by atoms with Crippen LogP contribution in [0.2, 0.25) is 0 Å². The number of hydrogen-bond acceptors (Lipinski definition) is 3. The number of hydrogen-bond donors (Lipinski definition) is 2. The molecule has 0 spiro atoms. The van der Waals surface area contributed by atoms with Crippen molar-refractivity contribution in [3.05, 3.63) is 0 Å². The molecule has 0 saturated carbocycles. The van der Waals surface area contributed by atoms with Crippen LogP contribution in [0.5, 0.6) is 0 Å². The minimum Gasteiger partial charge on any atom is -0.393 e. The second kappa shape index (κ2) is 3.91. The molecule has 60 valence electrons. The van der Waals surface area contributed by atoms with Gasteiger partial charge in [-0.25, -0.2) is 0 Å². The van der Waals surface area contributed by atoms with Gasteiger partial charge in [0.05, 0.1) is 12.7 Å². The Balaban J connectivity index is 2.18. The highest BCUT2D eigenvalue weighted by molar-refractivity contribution is 4.72. The molecule has 0 bridgehead atoms. The first kappa shape index (κ1) is 7.98. The number of nitrogens with two attached hydrogens (primary N) is 1. The molecule has 3 N–H and O–H groups in total. The molecule has 1 unspecified atom stereocenters. The summed E-state index contributed by atoms with van der Waals surface area (Å²) in [6.07, 6.45) is 1.45. The van der Waals surface area contributed by atoms with Gasteiger partial charge in [0.1, 0.15) is 0 Å². The van der Waals surface area contributed by atoms with E-state index in [4.69, 9.17) is 10.5 Å². The smallest absolute Gasteiger partial charge is 0.0603 e. The van der Waals surface area contributed by atoms with Crippen LogP contribution in [-0.4, -0.2) is 31.0 Å². The van der Waals surface area contributed by atoms with Gasteiger partial charge in [0, 0.05) is 12.5 Å². The predicted octanol–water partition coefficient (Wildman–Crippen LogP) is -0.267. The van der Waals surface area contributed by atoms with Crippen molar-refractivity contribution in [1.29, 1.82) is 0 Å². The number of aliphatic hydroxyl groups is 1. The van der Waals surface area contributed by atoms with Crippen LogP contribution in [0.3, 0.4) is 0 Å². The van der Waals surface area contributed by atoms with Crippen molar-refractivity contribution in [2.45, 2.75) is 18.9 Å². The number of aliphatic hydroxyl groups excluding tert-OH is 1. The quantitative estimate of drug-likeness (QED) is 0.575. The highest BCUT2D eigenvalue weighted by Crippen LogP contribution is 2.17. The Hall–Kier alpha value is -0.120. The van der Waals surface area contributed by atoms with Gasteiger partial charge in [-0.15, -0.1) is 0 Å². The summed E-state index contributed by atoms with van der Waals surface area (Å²) in [4.78, 5) is 0. The average molecular weight is 145 g/mol. The zero-order valence-electron chi connectivity index (χ0n) is 6.12. The normalized spacial score (nSPS) is 28.8. The fourth-order valence-electron chi connectivity index (χ4n) is 1.26. The Morgan fingerprint density at radius 3 is 3.00 bits per heavy atom.